The monoisotopic (exact) mass is 274 g/mol. The van der Waals surface area contributed by atoms with Gasteiger partial charge in [0.2, 0.25) is 11.8 Å². The number of nitrogens with zero attached hydrogens (tertiary/aromatic N) is 1. The van der Waals surface area contributed by atoms with Crippen LogP contribution in [0.2, 0.25) is 0 Å². The summed E-state index contributed by atoms with van der Waals surface area (Å²) in [5.74, 6) is 1.44. The van der Waals surface area contributed by atoms with Crippen molar-refractivity contribution in [1.82, 2.24) is 4.98 Å². The summed E-state index contributed by atoms with van der Waals surface area (Å²) in [6.45, 7) is 2.58. The van der Waals surface area contributed by atoms with Crippen molar-refractivity contribution in [3.8, 4) is 17.5 Å². The molecule has 0 aliphatic carbocycles. The van der Waals surface area contributed by atoms with Crippen molar-refractivity contribution in [2.75, 3.05) is 12.3 Å². The van der Waals surface area contributed by atoms with Crippen LogP contribution in [0.4, 0.5) is 5.69 Å². The van der Waals surface area contributed by atoms with Gasteiger partial charge in [-0.2, -0.15) is 4.98 Å². The van der Waals surface area contributed by atoms with Gasteiger partial charge in [-0.15, -0.1) is 0 Å². The Morgan fingerprint density at radius 2 is 1.90 bits per heavy atom. The van der Waals surface area contributed by atoms with Gasteiger partial charge in [0, 0.05) is 6.07 Å². The fourth-order valence-electron chi connectivity index (χ4n) is 1.59. The molecular formula is C15H18N2O3. The molecule has 0 unspecified atom stereocenters. The molecule has 106 valence electrons. The summed E-state index contributed by atoms with van der Waals surface area (Å²) < 4.78 is 11.1. The van der Waals surface area contributed by atoms with E-state index in [1.807, 2.05) is 6.92 Å². The summed E-state index contributed by atoms with van der Waals surface area (Å²) in [5.41, 5.74) is 7.11. The van der Waals surface area contributed by atoms with Gasteiger partial charge in [-0.25, -0.2) is 0 Å². The summed E-state index contributed by atoms with van der Waals surface area (Å²) in [7, 11) is 0. The molecular weight excluding hydrogens is 256 g/mol. The number of aromatic nitrogens is 1. The van der Waals surface area contributed by atoms with Crippen molar-refractivity contribution < 1.29 is 14.6 Å². The maximum Gasteiger partial charge on any atom is 0.240 e. The molecule has 0 aliphatic rings. The molecule has 0 fully saturated rings. The Morgan fingerprint density at radius 1 is 1.15 bits per heavy atom. The highest BCUT2D eigenvalue weighted by Gasteiger charge is 2.06. The molecule has 1 aromatic heterocycles. The lowest BCUT2D eigenvalue weighted by Gasteiger charge is -2.10. The van der Waals surface area contributed by atoms with Crippen LogP contribution in [0.25, 0.3) is 0 Å². The van der Waals surface area contributed by atoms with Crippen molar-refractivity contribution in [2.24, 2.45) is 0 Å². The molecule has 20 heavy (non-hydrogen) atoms. The molecule has 0 saturated carbocycles. The second-order valence-corrected chi connectivity index (χ2v) is 4.30. The Hall–Kier alpha value is -2.27. The zero-order valence-corrected chi connectivity index (χ0v) is 11.4. The average Bonchev–Trinajstić information content (AvgIpc) is 2.48. The van der Waals surface area contributed by atoms with Crippen LogP contribution in [-0.2, 0) is 6.61 Å². The molecule has 0 radical (unpaired) electrons. The molecule has 2 rings (SSSR count). The van der Waals surface area contributed by atoms with Gasteiger partial charge in [0.15, 0.2) is 0 Å². The molecule has 0 amide bonds. The third kappa shape index (κ3) is 3.61. The topological polar surface area (TPSA) is 77.6 Å². The number of rotatable bonds is 6. The first-order valence-corrected chi connectivity index (χ1v) is 6.50. The molecule has 0 atom stereocenters. The fraction of sp³-hybridized carbons (Fsp3) is 0.267. The smallest absolute Gasteiger partial charge is 0.240 e. The van der Waals surface area contributed by atoms with E-state index in [2.05, 4.69) is 4.98 Å². The van der Waals surface area contributed by atoms with Gasteiger partial charge in [0.25, 0.3) is 0 Å². The predicted molar refractivity (Wildman–Crippen MR) is 76.9 cm³/mol. The number of benzene rings is 1. The standard InChI is InChI=1S/C15H18N2O3/c1-2-9-19-15-13(16)7-8-14(17-15)20-12-5-3-11(10-18)4-6-12/h3-8,18H,2,9-10,16H2,1H3. The number of pyridine rings is 1. The summed E-state index contributed by atoms with van der Waals surface area (Å²) in [5, 5.41) is 8.98. The molecule has 2 aromatic rings. The highest BCUT2D eigenvalue weighted by atomic mass is 16.5. The second kappa shape index (κ2) is 6.77. The van der Waals surface area contributed by atoms with Crippen LogP contribution in [0.3, 0.4) is 0 Å². The van der Waals surface area contributed by atoms with Gasteiger partial charge < -0.3 is 20.3 Å². The quantitative estimate of drug-likeness (QED) is 0.847. The van der Waals surface area contributed by atoms with Gasteiger partial charge in [-0.05, 0) is 30.2 Å². The summed E-state index contributed by atoms with van der Waals surface area (Å²) >= 11 is 0. The average molecular weight is 274 g/mol. The van der Waals surface area contributed by atoms with Gasteiger partial charge in [-0.1, -0.05) is 19.1 Å². The van der Waals surface area contributed by atoms with Crippen LogP contribution in [0.15, 0.2) is 36.4 Å². The maximum atomic E-state index is 8.98. The van der Waals surface area contributed by atoms with Crippen molar-refractivity contribution in [3.05, 3.63) is 42.0 Å². The van der Waals surface area contributed by atoms with Crippen LogP contribution in [-0.4, -0.2) is 16.7 Å². The lowest BCUT2D eigenvalue weighted by atomic mass is 10.2. The first kappa shape index (κ1) is 14.1. The number of nitrogens with two attached hydrogens (primary N) is 1. The predicted octanol–water partition coefficient (Wildman–Crippen LogP) is 2.74. The van der Waals surface area contributed by atoms with Crippen molar-refractivity contribution in [1.29, 1.82) is 0 Å². The minimum absolute atomic E-state index is 0.00933. The van der Waals surface area contributed by atoms with Crippen molar-refractivity contribution >= 4 is 5.69 Å². The van der Waals surface area contributed by atoms with Gasteiger partial charge in [-0.3, -0.25) is 0 Å². The van der Waals surface area contributed by atoms with Gasteiger partial charge in [0.05, 0.1) is 18.9 Å². The zero-order valence-electron chi connectivity index (χ0n) is 11.4. The fourth-order valence-corrected chi connectivity index (χ4v) is 1.59. The largest absolute Gasteiger partial charge is 0.476 e. The SMILES string of the molecule is CCCOc1nc(Oc2ccc(CO)cc2)ccc1N. The molecule has 0 bridgehead atoms. The molecule has 0 saturated heterocycles. The number of aliphatic hydroxyl groups is 1. The molecule has 0 spiro atoms. The second-order valence-electron chi connectivity index (χ2n) is 4.30. The Labute approximate surface area is 118 Å². The Morgan fingerprint density at radius 3 is 2.55 bits per heavy atom. The van der Waals surface area contributed by atoms with Crippen LogP contribution in [0, 0.1) is 0 Å². The van der Waals surface area contributed by atoms with Crippen LogP contribution < -0.4 is 15.2 Å². The van der Waals surface area contributed by atoms with E-state index in [0.717, 1.165) is 12.0 Å². The van der Waals surface area contributed by atoms with E-state index in [1.165, 1.54) is 0 Å². The van der Waals surface area contributed by atoms with Gasteiger partial charge >= 0.3 is 0 Å². The van der Waals surface area contributed by atoms with E-state index < -0.39 is 0 Å². The molecule has 0 aliphatic heterocycles. The van der Waals surface area contributed by atoms with E-state index >= 15 is 0 Å². The van der Waals surface area contributed by atoms with Gasteiger partial charge in [0.1, 0.15) is 5.75 Å². The molecule has 3 N–H and O–H groups in total. The van der Waals surface area contributed by atoms with Crippen molar-refractivity contribution in [3.63, 3.8) is 0 Å². The van der Waals surface area contributed by atoms with Crippen LogP contribution >= 0.6 is 0 Å². The van der Waals surface area contributed by atoms with E-state index in [9.17, 15) is 0 Å². The van der Waals surface area contributed by atoms with E-state index in [-0.39, 0.29) is 6.61 Å². The molecule has 1 heterocycles. The molecule has 1 aromatic carbocycles. The first-order valence-electron chi connectivity index (χ1n) is 6.50. The Bertz CT molecular complexity index is 556. The lowest BCUT2D eigenvalue weighted by Crippen LogP contribution is -2.02. The van der Waals surface area contributed by atoms with Crippen LogP contribution in [0.1, 0.15) is 18.9 Å². The molecule has 5 heteroatoms. The number of hydrogen-bond acceptors (Lipinski definition) is 5. The van der Waals surface area contributed by atoms with Crippen molar-refractivity contribution in [2.45, 2.75) is 20.0 Å². The third-order valence-electron chi connectivity index (χ3n) is 2.64. The summed E-state index contributed by atoms with van der Waals surface area (Å²) in [6.07, 6.45) is 0.884. The van der Waals surface area contributed by atoms with E-state index in [4.69, 9.17) is 20.3 Å². The summed E-state index contributed by atoms with van der Waals surface area (Å²) in [6, 6.07) is 10.5. The Balaban J connectivity index is 2.11. The number of ether oxygens (including phenoxy) is 2. The number of anilines is 1. The lowest BCUT2D eigenvalue weighted by molar-refractivity contribution is 0.281. The van der Waals surface area contributed by atoms with Crippen LogP contribution in [0.5, 0.6) is 17.5 Å². The Kier molecular flexibility index (Phi) is 4.79. The first-order chi connectivity index (χ1) is 9.72. The number of aliphatic hydroxyl groups excluding tert-OH is 1. The zero-order chi connectivity index (χ0) is 14.4. The third-order valence-corrected chi connectivity index (χ3v) is 2.64. The normalized spacial score (nSPS) is 10.3. The minimum atomic E-state index is 0.00933. The highest BCUT2D eigenvalue weighted by molar-refractivity contribution is 5.49. The van der Waals surface area contributed by atoms with E-state index in [1.54, 1.807) is 36.4 Å². The minimum Gasteiger partial charge on any atom is -0.476 e. The number of hydrogen-bond donors (Lipinski definition) is 2. The highest BCUT2D eigenvalue weighted by Crippen LogP contribution is 2.26. The van der Waals surface area contributed by atoms with E-state index in [0.29, 0.717) is 29.8 Å². The summed E-state index contributed by atoms with van der Waals surface area (Å²) in [4.78, 5) is 4.23. The molecule has 5 nitrogen and oxygen atoms in total. The number of nitrogen functional groups attached to an aromatic ring is 1. The maximum absolute atomic E-state index is 8.98.